The van der Waals surface area contributed by atoms with E-state index in [0.29, 0.717) is 11.7 Å². The molecule has 3 nitrogen and oxygen atoms in total. The molecule has 0 amide bonds. The van der Waals surface area contributed by atoms with Crippen molar-refractivity contribution in [1.82, 2.24) is 9.55 Å². The number of aryl methyl sites for hydroxylation is 2. The van der Waals surface area contributed by atoms with Crippen LogP contribution in [0, 0.1) is 0 Å². The van der Waals surface area contributed by atoms with Gasteiger partial charge in [-0.3, -0.25) is 4.79 Å². The molecule has 0 saturated carbocycles. The summed E-state index contributed by atoms with van der Waals surface area (Å²) in [4.78, 5) is 19.0. The monoisotopic (exact) mass is 316 g/mol. The first-order valence-corrected chi connectivity index (χ1v) is 7.28. The fraction of sp³-hybridized carbons (Fsp3) is 0.385. The zero-order valence-corrected chi connectivity index (χ0v) is 15.7. The molecular weight excluding hydrogens is 303 g/mol. The van der Waals surface area contributed by atoms with E-state index in [1.807, 2.05) is 0 Å². The topological polar surface area (TPSA) is 34.9 Å². The average molecular weight is 316 g/mol. The number of hydrogen-bond donors (Lipinski definition) is 0. The second-order valence-electron chi connectivity index (χ2n) is 4.49. The summed E-state index contributed by atoms with van der Waals surface area (Å²) in [6, 6.07) is 0. The van der Waals surface area contributed by atoms with E-state index in [1.54, 1.807) is 17.4 Å². The molecule has 0 aromatic carbocycles. The zero-order chi connectivity index (χ0) is 12.7. The summed E-state index contributed by atoms with van der Waals surface area (Å²) in [5, 5.41) is 1.16. The third kappa shape index (κ3) is 2.77. The number of allylic oxidation sites excluding steroid dienone is 1. The Bertz CT molecular complexity index is 690. The van der Waals surface area contributed by atoms with Gasteiger partial charge < -0.3 is 17.2 Å². The number of nitrogens with zero attached hydrogens (tertiary/aromatic N) is 2. The molecular formula is C13H13KN2OS2. The van der Waals surface area contributed by atoms with Gasteiger partial charge in [0.25, 0.3) is 5.56 Å². The Labute approximate surface area is 164 Å². The maximum absolute atomic E-state index is 12.5. The Hall–Kier alpha value is 0.436. The van der Waals surface area contributed by atoms with Crippen LogP contribution in [0.1, 0.15) is 23.3 Å². The molecule has 0 atom stereocenters. The minimum Gasteiger partial charge on any atom is -0.742 e. The standard InChI is InChI=1S/C13H14N2OS2.K/c1-2-7-15-12(16)10-8-5-3-4-6-9(8)18-11(10)14-13(15)17;/h2H,1,3-7H2,(H,14,17);/q;+1/p-1. The molecule has 94 valence electrons. The summed E-state index contributed by atoms with van der Waals surface area (Å²) >= 11 is 6.82. The van der Waals surface area contributed by atoms with Gasteiger partial charge in [0.2, 0.25) is 0 Å². The molecule has 1 aliphatic carbocycles. The second kappa shape index (κ2) is 6.47. The van der Waals surface area contributed by atoms with E-state index < -0.39 is 0 Å². The normalized spacial score (nSPS) is 13.9. The van der Waals surface area contributed by atoms with Gasteiger partial charge in [0, 0.05) is 11.4 Å². The third-order valence-electron chi connectivity index (χ3n) is 3.35. The zero-order valence-electron chi connectivity index (χ0n) is 10.9. The molecule has 2 heterocycles. The van der Waals surface area contributed by atoms with Crippen molar-refractivity contribution in [2.45, 2.75) is 37.4 Å². The van der Waals surface area contributed by atoms with Crippen LogP contribution in [0.2, 0.25) is 0 Å². The SMILES string of the molecule is C=CCn1c([S-])nc2sc3c(c2c1=O)CCCC3.[K+]. The van der Waals surface area contributed by atoms with Crippen molar-refractivity contribution in [2.75, 3.05) is 0 Å². The number of rotatable bonds is 2. The molecule has 0 aliphatic heterocycles. The molecule has 2 aromatic heterocycles. The molecule has 2 aromatic rings. The van der Waals surface area contributed by atoms with E-state index in [2.05, 4.69) is 11.6 Å². The predicted molar refractivity (Wildman–Crippen MR) is 76.4 cm³/mol. The Kier molecular flexibility index (Phi) is 5.39. The molecule has 3 rings (SSSR count). The van der Waals surface area contributed by atoms with Crippen molar-refractivity contribution >= 4 is 34.2 Å². The number of fused-ring (bicyclic) bond motifs is 3. The van der Waals surface area contributed by atoms with Crippen LogP contribution in [0.5, 0.6) is 0 Å². The molecule has 1 aliphatic rings. The number of thiophene rings is 1. The largest absolute Gasteiger partial charge is 1.00 e. The molecule has 0 saturated heterocycles. The van der Waals surface area contributed by atoms with Gasteiger partial charge in [0.05, 0.1) is 5.39 Å². The van der Waals surface area contributed by atoms with Crippen molar-refractivity contribution in [2.24, 2.45) is 0 Å². The van der Waals surface area contributed by atoms with E-state index in [9.17, 15) is 4.79 Å². The molecule has 6 heteroatoms. The minimum absolute atomic E-state index is 0. The van der Waals surface area contributed by atoms with E-state index in [1.165, 1.54) is 21.4 Å². The van der Waals surface area contributed by atoms with Crippen LogP contribution in [0.3, 0.4) is 0 Å². The van der Waals surface area contributed by atoms with Crippen molar-refractivity contribution in [3.05, 3.63) is 33.4 Å². The van der Waals surface area contributed by atoms with Crippen LogP contribution >= 0.6 is 11.3 Å². The van der Waals surface area contributed by atoms with E-state index >= 15 is 0 Å². The van der Waals surface area contributed by atoms with Gasteiger partial charge in [-0.25, -0.2) is 4.98 Å². The number of hydrogen-bond acceptors (Lipinski definition) is 4. The quantitative estimate of drug-likeness (QED) is 0.322. The molecule has 0 N–H and O–H groups in total. The summed E-state index contributed by atoms with van der Waals surface area (Å²) in [5.41, 5.74) is 1.22. The number of aromatic nitrogens is 2. The van der Waals surface area contributed by atoms with Crippen LogP contribution < -0.4 is 56.9 Å². The average Bonchev–Trinajstić information content (AvgIpc) is 2.72. The van der Waals surface area contributed by atoms with E-state index in [4.69, 9.17) is 12.6 Å². The summed E-state index contributed by atoms with van der Waals surface area (Å²) in [7, 11) is 0. The predicted octanol–water partition coefficient (Wildman–Crippen LogP) is -0.567. The summed E-state index contributed by atoms with van der Waals surface area (Å²) in [6.45, 7) is 4.10. The first kappa shape index (κ1) is 15.8. The summed E-state index contributed by atoms with van der Waals surface area (Å²) in [5.74, 6) is 0. The Balaban J connectivity index is 0.00000133. The van der Waals surface area contributed by atoms with Gasteiger partial charge >= 0.3 is 51.4 Å². The van der Waals surface area contributed by atoms with Crippen LogP contribution in [-0.2, 0) is 32.0 Å². The molecule has 0 radical (unpaired) electrons. The molecule has 0 unspecified atom stereocenters. The maximum atomic E-state index is 12.5. The molecule has 0 fully saturated rings. The van der Waals surface area contributed by atoms with Crippen LogP contribution in [0.4, 0.5) is 0 Å². The summed E-state index contributed by atoms with van der Waals surface area (Å²) < 4.78 is 1.53. The van der Waals surface area contributed by atoms with Crippen LogP contribution in [0.15, 0.2) is 22.6 Å². The second-order valence-corrected chi connectivity index (χ2v) is 5.94. The Morgan fingerprint density at radius 1 is 1.42 bits per heavy atom. The maximum Gasteiger partial charge on any atom is 1.00 e. The van der Waals surface area contributed by atoms with Gasteiger partial charge in [-0.15, -0.1) is 17.9 Å². The first-order chi connectivity index (χ1) is 8.72. The Morgan fingerprint density at radius 3 is 2.89 bits per heavy atom. The minimum atomic E-state index is 0. The fourth-order valence-corrected chi connectivity index (χ4v) is 4.07. The summed E-state index contributed by atoms with van der Waals surface area (Å²) in [6.07, 6.45) is 6.13. The first-order valence-electron chi connectivity index (χ1n) is 6.05. The van der Waals surface area contributed by atoms with Crippen molar-refractivity contribution in [3.8, 4) is 0 Å². The van der Waals surface area contributed by atoms with Gasteiger partial charge in [-0.1, -0.05) is 6.08 Å². The molecule has 0 spiro atoms. The van der Waals surface area contributed by atoms with E-state index in [-0.39, 0.29) is 56.9 Å². The van der Waals surface area contributed by atoms with Gasteiger partial charge in [0.1, 0.15) is 4.83 Å². The van der Waals surface area contributed by atoms with Gasteiger partial charge in [-0.2, -0.15) is 0 Å². The smallest absolute Gasteiger partial charge is 0.742 e. The molecule has 0 bridgehead atoms. The van der Waals surface area contributed by atoms with Crippen molar-refractivity contribution in [1.29, 1.82) is 0 Å². The Morgan fingerprint density at radius 2 is 2.16 bits per heavy atom. The van der Waals surface area contributed by atoms with Crippen LogP contribution in [0.25, 0.3) is 10.2 Å². The fourth-order valence-electron chi connectivity index (χ4n) is 2.51. The third-order valence-corrected chi connectivity index (χ3v) is 4.85. The van der Waals surface area contributed by atoms with E-state index in [0.717, 1.165) is 29.5 Å². The van der Waals surface area contributed by atoms with Crippen molar-refractivity contribution < 1.29 is 51.4 Å². The van der Waals surface area contributed by atoms with Crippen molar-refractivity contribution in [3.63, 3.8) is 0 Å². The molecule has 19 heavy (non-hydrogen) atoms. The van der Waals surface area contributed by atoms with Gasteiger partial charge in [-0.05, 0) is 36.4 Å². The van der Waals surface area contributed by atoms with Gasteiger partial charge in [0.15, 0.2) is 0 Å². The van der Waals surface area contributed by atoms with Crippen LogP contribution in [-0.4, -0.2) is 9.55 Å².